The highest BCUT2D eigenvalue weighted by molar-refractivity contribution is 6.11. The van der Waals surface area contributed by atoms with Crippen LogP contribution in [-0.4, -0.2) is 17.7 Å². The minimum Gasteiger partial charge on any atom is -0.508 e. The molecule has 0 radical (unpaired) electrons. The molecule has 4 heteroatoms. The van der Waals surface area contributed by atoms with Crippen molar-refractivity contribution in [3.8, 4) is 5.75 Å². The van der Waals surface area contributed by atoms with Crippen LogP contribution in [0, 0.1) is 0 Å². The van der Waals surface area contributed by atoms with Gasteiger partial charge < -0.3 is 14.6 Å². The van der Waals surface area contributed by atoms with E-state index in [1.165, 1.54) is 6.08 Å². The maximum Gasteiger partial charge on any atom is 0.231 e. The number of hydrogen-bond acceptors (Lipinski definition) is 4. The van der Waals surface area contributed by atoms with Crippen molar-refractivity contribution in [2.45, 2.75) is 0 Å². The zero-order chi connectivity index (χ0) is 12.5. The smallest absolute Gasteiger partial charge is 0.231 e. The van der Waals surface area contributed by atoms with Gasteiger partial charge in [0, 0.05) is 11.6 Å². The Kier molecular flexibility index (Phi) is 2.41. The van der Waals surface area contributed by atoms with Crippen LogP contribution < -0.4 is 0 Å². The van der Waals surface area contributed by atoms with Gasteiger partial charge in [0.2, 0.25) is 6.79 Å². The van der Waals surface area contributed by atoms with Crippen molar-refractivity contribution < 1.29 is 19.4 Å². The highest BCUT2D eigenvalue weighted by Gasteiger charge is 2.24. The first kappa shape index (κ1) is 10.7. The van der Waals surface area contributed by atoms with Gasteiger partial charge in [-0.15, -0.1) is 0 Å². The number of ketones is 1. The summed E-state index contributed by atoms with van der Waals surface area (Å²) in [5.74, 6) is 1.15. The van der Waals surface area contributed by atoms with Crippen molar-refractivity contribution >= 4 is 11.9 Å². The molecule has 0 amide bonds. The molecular weight excluding hydrogens is 232 g/mol. The van der Waals surface area contributed by atoms with E-state index in [1.54, 1.807) is 36.4 Å². The van der Waals surface area contributed by atoms with Crippen LogP contribution in [0.15, 0.2) is 53.5 Å². The van der Waals surface area contributed by atoms with Gasteiger partial charge in [-0.1, -0.05) is 12.1 Å². The molecule has 1 N–H and O–H groups in total. The highest BCUT2D eigenvalue weighted by Crippen LogP contribution is 2.28. The van der Waals surface area contributed by atoms with Crippen LogP contribution in [0.1, 0.15) is 5.56 Å². The minimum absolute atomic E-state index is 0.118. The van der Waals surface area contributed by atoms with E-state index in [4.69, 9.17) is 9.47 Å². The van der Waals surface area contributed by atoms with Gasteiger partial charge in [-0.25, -0.2) is 0 Å². The quantitative estimate of drug-likeness (QED) is 0.766. The molecule has 1 aliphatic heterocycles. The Labute approximate surface area is 103 Å². The van der Waals surface area contributed by atoms with Gasteiger partial charge in [-0.05, 0) is 29.8 Å². The Morgan fingerprint density at radius 1 is 1.06 bits per heavy atom. The van der Waals surface area contributed by atoms with Crippen LogP contribution in [0.4, 0.5) is 0 Å². The number of carbonyl (C=O) groups is 1. The molecule has 18 heavy (non-hydrogen) atoms. The number of benzene rings is 1. The number of carbonyl (C=O) groups excluding carboxylic acids is 1. The molecule has 0 atom stereocenters. The number of phenolic OH excluding ortho intramolecular Hbond substituents is 1. The average Bonchev–Trinajstić information content (AvgIpc) is 2.79. The second-order valence-corrected chi connectivity index (χ2v) is 3.98. The molecule has 0 bridgehead atoms. The third kappa shape index (κ3) is 1.88. The molecule has 1 aliphatic carbocycles. The zero-order valence-corrected chi connectivity index (χ0v) is 9.42. The maximum atomic E-state index is 11.8. The van der Waals surface area contributed by atoms with Gasteiger partial charge in [0.25, 0.3) is 0 Å². The standard InChI is InChI=1S/C14H10O4/c15-11-3-1-9(2-4-11)5-10-6-13-14(7-12(10)16)18-8-17-13/h1-7,15H,8H2/b10-5+. The molecule has 90 valence electrons. The molecule has 1 fully saturated rings. The van der Waals surface area contributed by atoms with Gasteiger partial charge in [-0.3, -0.25) is 4.79 Å². The number of hydrogen-bond donors (Lipinski definition) is 1. The van der Waals surface area contributed by atoms with Crippen molar-refractivity contribution in [1.82, 2.24) is 0 Å². The molecule has 0 unspecified atom stereocenters. The van der Waals surface area contributed by atoms with Crippen LogP contribution in [0.2, 0.25) is 0 Å². The zero-order valence-electron chi connectivity index (χ0n) is 9.42. The van der Waals surface area contributed by atoms with E-state index in [2.05, 4.69) is 0 Å². The van der Waals surface area contributed by atoms with E-state index in [0.29, 0.717) is 17.1 Å². The van der Waals surface area contributed by atoms with Crippen molar-refractivity contribution in [1.29, 1.82) is 0 Å². The van der Waals surface area contributed by atoms with Gasteiger partial charge in [0.15, 0.2) is 17.3 Å². The van der Waals surface area contributed by atoms with E-state index < -0.39 is 0 Å². The average molecular weight is 242 g/mol. The van der Waals surface area contributed by atoms with Gasteiger partial charge >= 0.3 is 0 Å². The van der Waals surface area contributed by atoms with E-state index in [-0.39, 0.29) is 18.3 Å². The number of rotatable bonds is 1. The summed E-state index contributed by atoms with van der Waals surface area (Å²) in [5, 5.41) is 9.19. The summed E-state index contributed by atoms with van der Waals surface area (Å²) in [6.07, 6.45) is 4.83. The molecule has 1 heterocycles. The lowest BCUT2D eigenvalue weighted by atomic mass is 10.0. The summed E-state index contributed by atoms with van der Waals surface area (Å²) in [4.78, 5) is 11.8. The molecular formula is C14H10O4. The lowest BCUT2D eigenvalue weighted by molar-refractivity contribution is -0.111. The fourth-order valence-electron chi connectivity index (χ4n) is 1.80. The van der Waals surface area contributed by atoms with Crippen LogP contribution in [0.5, 0.6) is 5.75 Å². The van der Waals surface area contributed by atoms with E-state index in [0.717, 1.165) is 5.56 Å². The molecule has 1 aromatic rings. The molecule has 0 saturated carbocycles. The summed E-state index contributed by atoms with van der Waals surface area (Å²) in [7, 11) is 0. The Hall–Kier alpha value is -2.49. The third-order valence-corrected chi connectivity index (χ3v) is 2.72. The second kappa shape index (κ2) is 4.07. The first-order chi connectivity index (χ1) is 8.72. The summed E-state index contributed by atoms with van der Waals surface area (Å²) in [6.45, 7) is 0.150. The van der Waals surface area contributed by atoms with Crippen LogP contribution in [0.25, 0.3) is 6.08 Å². The topological polar surface area (TPSA) is 55.8 Å². The number of aromatic hydroxyl groups is 1. The summed E-state index contributed by atoms with van der Waals surface area (Å²) < 4.78 is 10.4. The number of phenols is 1. The minimum atomic E-state index is -0.118. The third-order valence-electron chi connectivity index (χ3n) is 2.72. The largest absolute Gasteiger partial charge is 0.508 e. The molecule has 0 spiro atoms. The maximum absolute atomic E-state index is 11.8. The highest BCUT2D eigenvalue weighted by atomic mass is 16.7. The first-order valence-electron chi connectivity index (χ1n) is 5.47. The number of fused-ring (bicyclic) bond motifs is 1. The fourth-order valence-corrected chi connectivity index (χ4v) is 1.80. The lowest BCUT2D eigenvalue weighted by Gasteiger charge is -2.06. The van der Waals surface area contributed by atoms with Crippen LogP contribution in [0.3, 0.4) is 0 Å². The Morgan fingerprint density at radius 3 is 2.44 bits per heavy atom. The summed E-state index contributed by atoms with van der Waals surface area (Å²) in [6, 6.07) is 6.62. The van der Waals surface area contributed by atoms with Crippen molar-refractivity contribution in [2.75, 3.05) is 6.79 Å². The lowest BCUT2D eigenvalue weighted by Crippen LogP contribution is -2.04. The van der Waals surface area contributed by atoms with Crippen LogP contribution >= 0.6 is 0 Å². The molecule has 3 rings (SSSR count). The fraction of sp³-hybridized carbons (Fsp3) is 0.0714. The van der Waals surface area contributed by atoms with Crippen molar-refractivity contribution in [2.24, 2.45) is 0 Å². The molecule has 0 aromatic heterocycles. The summed E-state index contributed by atoms with van der Waals surface area (Å²) in [5.41, 5.74) is 1.37. The van der Waals surface area contributed by atoms with Gasteiger partial charge in [-0.2, -0.15) is 0 Å². The Balaban J connectivity index is 1.95. The van der Waals surface area contributed by atoms with E-state index in [9.17, 15) is 9.90 Å². The molecule has 4 nitrogen and oxygen atoms in total. The van der Waals surface area contributed by atoms with Gasteiger partial charge in [0.05, 0.1) is 0 Å². The van der Waals surface area contributed by atoms with Crippen molar-refractivity contribution in [3.63, 3.8) is 0 Å². The molecule has 1 saturated heterocycles. The monoisotopic (exact) mass is 242 g/mol. The predicted molar refractivity (Wildman–Crippen MR) is 64.3 cm³/mol. The van der Waals surface area contributed by atoms with Gasteiger partial charge in [0.1, 0.15) is 5.75 Å². The van der Waals surface area contributed by atoms with E-state index >= 15 is 0 Å². The normalized spacial score (nSPS) is 19.8. The second-order valence-electron chi connectivity index (χ2n) is 3.98. The Morgan fingerprint density at radius 2 is 1.72 bits per heavy atom. The first-order valence-corrected chi connectivity index (χ1v) is 5.47. The molecule has 1 aromatic carbocycles. The number of ether oxygens (including phenoxy) is 2. The van der Waals surface area contributed by atoms with Crippen molar-refractivity contribution in [3.05, 3.63) is 59.1 Å². The van der Waals surface area contributed by atoms with E-state index in [1.807, 2.05) is 0 Å². The number of allylic oxidation sites excluding steroid dienone is 3. The Bertz CT molecular complexity index is 591. The summed E-state index contributed by atoms with van der Waals surface area (Å²) >= 11 is 0. The predicted octanol–water partition coefficient (Wildman–Crippen LogP) is 2.13. The molecule has 2 aliphatic rings. The van der Waals surface area contributed by atoms with Crippen LogP contribution in [-0.2, 0) is 14.3 Å². The SMILES string of the molecule is O=C1C=C2OCOC2=C/C1=C\c1ccc(O)cc1.